The molecule has 1 aromatic heterocycles. The zero-order valence-corrected chi connectivity index (χ0v) is 22.4. The fourth-order valence-electron chi connectivity index (χ4n) is 4.47. The van der Waals surface area contributed by atoms with E-state index in [-0.39, 0.29) is 24.5 Å². The van der Waals surface area contributed by atoms with Crippen molar-refractivity contribution in [3.63, 3.8) is 0 Å². The lowest BCUT2D eigenvalue weighted by atomic mass is 9.77. The molecule has 1 atom stereocenters. The van der Waals surface area contributed by atoms with Crippen molar-refractivity contribution < 1.29 is 49.1 Å². The molecule has 2 heterocycles. The average molecular weight is 609 g/mol. The molecule has 1 unspecified atom stereocenters. The van der Waals surface area contributed by atoms with Gasteiger partial charge in [-0.15, -0.1) is 0 Å². The molecule has 2 aromatic rings. The minimum absolute atomic E-state index is 0.0122. The quantitative estimate of drug-likeness (QED) is 0.241. The van der Waals surface area contributed by atoms with Crippen LogP contribution >= 0.6 is 0 Å². The molecule has 0 spiro atoms. The molecule has 1 fully saturated rings. The van der Waals surface area contributed by atoms with Crippen LogP contribution in [0.1, 0.15) is 43.4 Å². The number of sulfonamides is 1. The second-order valence-electron chi connectivity index (χ2n) is 10.0. The Hall–Kier alpha value is -3.56. The summed E-state index contributed by atoms with van der Waals surface area (Å²) in [5.74, 6) is -2.51. The molecule has 4 rings (SSSR count). The van der Waals surface area contributed by atoms with Gasteiger partial charge in [0.2, 0.25) is 10.0 Å². The van der Waals surface area contributed by atoms with Crippen LogP contribution in [0.3, 0.4) is 0 Å². The fourth-order valence-corrected chi connectivity index (χ4v) is 4.90. The number of alkyl halides is 6. The van der Waals surface area contributed by atoms with Gasteiger partial charge >= 0.3 is 12.4 Å². The first-order valence-corrected chi connectivity index (χ1v) is 14.3. The van der Waals surface area contributed by atoms with E-state index in [1.165, 1.54) is 16.9 Å². The monoisotopic (exact) mass is 608 g/mol. The zero-order valence-electron chi connectivity index (χ0n) is 21.6. The van der Waals surface area contributed by atoms with Crippen molar-refractivity contribution in [2.45, 2.75) is 56.5 Å². The number of amides is 2. The number of carbonyl (C=O) groups excluding carboxylic acids is 2. The van der Waals surface area contributed by atoms with Gasteiger partial charge in [0.05, 0.1) is 18.6 Å². The van der Waals surface area contributed by atoms with Crippen molar-refractivity contribution >= 4 is 27.4 Å². The molecule has 41 heavy (non-hydrogen) atoms. The molecule has 1 aliphatic heterocycles. The van der Waals surface area contributed by atoms with Crippen molar-refractivity contribution in [1.82, 2.24) is 19.8 Å². The van der Waals surface area contributed by atoms with Gasteiger partial charge in [-0.3, -0.25) is 14.3 Å². The molecular formula is C25H26F6N4O5S. The predicted octanol–water partition coefficient (Wildman–Crippen LogP) is 3.82. The molecule has 224 valence electrons. The first-order valence-electron chi connectivity index (χ1n) is 12.5. The first kappa shape index (κ1) is 30.4. The van der Waals surface area contributed by atoms with Crippen LogP contribution in [0.2, 0.25) is 0 Å². The van der Waals surface area contributed by atoms with Crippen LogP contribution in [0.5, 0.6) is 5.75 Å². The van der Waals surface area contributed by atoms with E-state index in [1.807, 2.05) is 5.32 Å². The van der Waals surface area contributed by atoms with Crippen LogP contribution in [0.15, 0.2) is 42.1 Å². The highest BCUT2D eigenvalue weighted by Gasteiger charge is 2.60. The van der Waals surface area contributed by atoms with Gasteiger partial charge in [-0.25, -0.2) is 13.1 Å². The number of hydrogen-bond acceptors (Lipinski definition) is 6. The topological polar surface area (TPSA) is 119 Å². The summed E-state index contributed by atoms with van der Waals surface area (Å²) in [7, 11) is -4.17. The lowest BCUT2D eigenvalue weighted by molar-refractivity contribution is -0.202. The molecule has 1 aromatic carbocycles. The second kappa shape index (κ2) is 11.0. The van der Waals surface area contributed by atoms with Gasteiger partial charge in [-0.05, 0) is 48.9 Å². The maximum absolute atomic E-state index is 14.8. The third-order valence-corrected chi connectivity index (χ3v) is 7.16. The van der Waals surface area contributed by atoms with E-state index in [0.717, 1.165) is 37.1 Å². The molecule has 9 nitrogen and oxygen atoms in total. The Bertz CT molecular complexity index is 1450. The summed E-state index contributed by atoms with van der Waals surface area (Å²) in [5.41, 5.74) is -4.83. The Morgan fingerprint density at radius 2 is 1.80 bits per heavy atom. The maximum atomic E-state index is 14.8. The third kappa shape index (κ3) is 7.40. The zero-order chi connectivity index (χ0) is 30.2. The van der Waals surface area contributed by atoms with E-state index >= 15 is 0 Å². The van der Waals surface area contributed by atoms with Crippen LogP contribution in [0, 0.1) is 5.92 Å². The van der Waals surface area contributed by atoms with E-state index in [9.17, 15) is 44.3 Å². The number of rotatable bonds is 10. The van der Waals surface area contributed by atoms with E-state index in [2.05, 4.69) is 5.10 Å². The number of nitrogens with one attached hydrogen (secondary N) is 2. The number of aromatic nitrogens is 2. The maximum Gasteiger partial charge on any atom is 0.416 e. The number of benzene rings is 1. The number of hydrogen-bond donors (Lipinski definition) is 2. The van der Waals surface area contributed by atoms with Gasteiger partial charge in [0.25, 0.3) is 11.8 Å². The van der Waals surface area contributed by atoms with Crippen molar-refractivity contribution in [2.75, 3.05) is 12.9 Å². The van der Waals surface area contributed by atoms with Crippen molar-refractivity contribution in [3.05, 3.63) is 53.4 Å². The molecule has 2 amide bonds. The largest absolute Gasteiger partial charge is 0.494 e. The van der Waals surface area contributed by atoms with Crippen molar-refractivity contribution in [3.8, 4) is 5.75 Å². The summed E-state index contributed by atoms with van der Waals surface area (Å²) in [6, 6.07) is 5.63. The second-order valence-corrected chi connectivity index (χ2v) is 11.8. The van der Waals surface area contributed by atoms with Gasteiger partial charge in [0, 0.05) is 31.2 Å². The smallest absolute Gasteiger partial charge is 0.416 e. The van der Waals surface area contributed by atoms with Crippen LogP contribution in [0.25, 0.3) is 5.57 Å². The molecular weight excluding hydrogens is 582 g/mol. The molecule has 0 saturated heterocycles. The molecule has 2 N–H and O–H groups in total. The Balaban J connectivity index is 1.70. The number of carbonyl (C=O) groups is 2. The summed E-state index contributed by atoms with van der Waals surface area (Å²) in [5, 5.41) is 6.14. The van der Waals surface area contributed by atoms with Gasteiger partial charge in [0.1, 0.15) is 11.3 Å². The molecule has 0 bridgehead atoms. The number of nitrogens with zero attached hydrogens (tertiary/aromatic N) is 2. The highest BCUT2D eigenvalue weighted by molar-refractivity contribution is 7.89. The van der Waals surface area contributed by atoms with Gasteiger partial charge in [-0.2, -0.15) is 31.4 Å². The lowest BCUT2D eigenvalue weighted by Crippen LogP contribution is -2.59. The predicted molar refractivity (Wildman–Crippen MR) is 133 cm³/mol. The van der Waals surface area contributed by atoms with Gasteiger partial charge in [-0.1, -0.05) is 12.1 Å². The molecule has 2 aliphatic rings. The standard InChI is InChI=1S/C25H26F6N4O5S/c1-41(38,39)34-22(37)20-18(19-9-11-35(33-19)14-15-3-4-15)13-23(25(29,30)31,32-21(20)36)16-5-7-17(8-6-16)40-12-2-10-24(26,27)28/h5-9,11,15H,2-4,10,12-14H2,1H3,(H,32,36)(H,34,37). The summed E-state index contributed by atoms with van der Waals surface area (Å²) >= 11 is 0. The minimum atomic E-state index is -5.11. The Morgan fingerprint density at radius 3 is 2.37 bits per heavy atom. The SMILES string of the molecule is CS(=O)(=O)NC(=O)C1=C(c2ccn(CC3CC3)n2)CC(c2ccc(OCCCC(F)(F)F)cc2)(C(F)(F)F)NC1=O. The summed E-state index contributed by atoms with van der Waals surface area (Å²) in [6.45, 7) is 0.161. The Kier molecular flexibility index (Phi) is 8.17. The normalized spacial score (nSPS) is 20.1. The van der Waals surface area contributed by atoms with Gasteiger partial charge in [0.15, 0.2) is 5.54 Å². The van der Waals surface area contributed by atoms with Crippen molar-refractivity contribution in [1.29, 1.82) is 0 Å². The van der Waals surface area contributed by atoms with E-state index < -0.39 is 69.3 Å². The Morgan fingerprint density at radius 1 is 1.15 bits per heavy atom. The Labute approximate surface area is 231 Å². The van der Waals surface area contributed by atoms with Crippen molar-refractivity contribution in [2.24, 2.45) is 5.92 Å². The van der Waals surface area contributed by atoms with E-state index in [1.54, 1.807) is 4.72 Å². The van der Waals surface area contributed by atoms with Crippen LogP contribution in [0.4, 0.5) is 26.3 Å². The molecule has 16 heteroatoms. The fraction of sp³-hybridized carbons (Fsp3) is 0.480. The highest BCUT2D eigenvalue weighted by atomic mass is 32.2. The molecule has 1 saturated carbocycles. The average Bonchev–Trinajstić information content (AvgIpc) is 3.53. The first-order chi connectivity index (χ1) is 19.0. The number of ether oxygens (including phenoxy) is 1. The van der Waals surface area contributed by atoms with E-state index in [4.69, 9.17) is 4.74 Å². The minimum Gasteiger partial charge on any atom is -0.494 e. The van der Waals surface area contributed by atoms with Crippen LogP contribution in [-0.4, -0.2) is 55.2 Å². The molecule has 1 aliphatic carbocycles. The summed E-state index contributed by atoms with van der Waals surface area (Å²) < 4.78 is 113. The van der Waals surface area contributed by atoms with Crippen LogP contribution < -0.4 is 14.8 Å². The highest BCUT2D eigenvalue weighted by Crippen LogP contribution is 2.48. The molecule has 0 radical (unpaired) electrons. The number of halogens is 6. The van der Waals surface area contributed by atoms with Crippen LogP contribution in [-0.2, 0) is 31.7 Å². The van der Waals surface area contributed by atoms with Gasteiger partial charge < -0.3 is 10.1 Å². The lowest BCUT2D eigenvalue weighted by Gasteiger charge is -2.41. The summed E-state index contributed by atoms with van der Waals surface area (Å²) in [4.78, 5) is 26.0. The van der Waals surface area contributed by atoms with E-state index in [0.29, 0.717) is 18.7 Å². The third-order valence-electron chi connectivity index (χ3n) is 6.60. The summed E-state index contributed by atoms with van der Waals surface area (Å²) in [6.07, 6.45) is -7.85.